The fourth-order valence-electron chi connectivity index (χ4n) is 6.96. The number of nitrogens with one attached hydrogen (secondary N) is 2. The third-order valence-electron chi connectivity index (χ3n) is 10.7. The van der Waals surface area contributed by atoms with Crippen molar-refractivity contribution < 1.29 is 51.3 Å². The Kier molecular flexibility index (Phi) is 32.3. The van der Waals surface area contributed by atoms with Gasteiger partial charge < -0.3 is 31.1 Å². The highest BCUT2D eigenvalue weighted by atomic mass is 32.1. The first-order valence-electron chi connectivity index (χ1n) is 25.0. The van der Waals surface area contributed by atoms with Crippen molar-refractivity contribution in [2.24, 2.45) is 9.98 Å². The van der Waals surface area contributed by atoms with E-state index in [1.165, 1.54) is 135 Å². The van der Waals surface area contributed by atoms with E-state index in [0.717, 1.165) is 26.0 Å². The summed E-state index contributed by atoms with van der Waals surface area (Å²) in [5.41, 5.74) is 9.08. The molecule has 8 N–H and O–H groups in total. The smallest absolute Gasteiger partial charge is 0.337 e. The minimum Gasteiger partial charge on any atom is -0.478 e. The van der Waals surface area contributed by atoms with Gasteiger partial charge in [0, 0.05) is 84.3 Å². The molecular formula is C51H65N13O12S3. The standard InChI is InChI=1S/C13H22N2.C12H12N4O4S.C12H13N3O2S.C6H10N2OS.C6H5NO2.C2H2.HNO3/c1-3-7-12(8-4-1)14-11-15-13-9-5-2-6-10-13;1-8-10(4-6-20-16(18)19)21-12(14-8)15-11(17)9-3-2-5-13-7-9;1-8-10(4-6-16)18-12(14-8)15-11(17)9-3-2-5-13-7-9;1-4-5(2-3-9)10-6(7)8-4;8-6(9)5-2-1-3-7-4-5;1-2;2-1(3)4/h12-13H,1-10H2;2-3,5,7H,4,6H2,1H3,(H,14,15,17);2-3,5,7,16H,4,6H2,1H3,(H,14,15,17);9H,2-3H2,1H3,(H2,7,8);1-4H,(H,8,9);1-2H;(H,2,3,4)/i;;;;;1D;. The number of nitrogens with zero attached hydrogens (tertiary/aromatic N) is 10. The fourth-order valence-corrected chi connectivity index (χ4v) is 9.67. The predicted octanol–water partition coefficient (Wildman–Crippen LogP) is 8.56. The van der Waals surface area contributed by atoms with Crippen LogP contribution >= 0.6 is 34.0 Å². The molecule has 0 aliphatic heterocycles. The highest BCUT2D eigenvalue weighted by molar-refractivity contribution is 7.16. The average molecular weight is 1150 g/mol. The molecule has 8 rings (SSSR count). The van der Waals surface area contributed by atoms with Crippen molar-refractivity contribution in [1.82, 2.24) is 29.9 Å². The number of pyridine rings is 3. The molecule has 6 aromatic rings. The summed E-state index contributed by atoms with van der Waals surface area (Å²) < 4.78 is 5.74. The zero-order valence-electron chi connectivity index (χ0n) is 44.8. The minimum absolute atomic E-state index is 0.0357. The molecule has 2 fully saturated rings. The van der Waals surface area contributed by atoms with Crippen LogP contribution in [0.2, 0.25) is 0 Å². The number of amides is 2. The lowest BCUT2D eigenvalue weighted by Gasteiger charge is -2.17. The highest BCUT2D eigenvalue weighted by Crippen LogP contribution is 2.26. The molecule has 424 valence electrons. The maximum Gasteiger partial charge on any atom is 0.337 e. The Morgan fingerprint density at radius 3 is 1.43 bits per heavy atom. The number of aromatic nitrogens is 6. The van der Waals surface area contributed by atoms with Crippen LogP contribution in [0.3, 0.4) is 0 Å². The van der Waals surface area contributed by atoms with E-state index in [4.69, 9.17) is 37.7 Å². The van der Waals surface area contributed by atoms with Gasteiger partial charge in [-0.3, -0.25) is 35.2 Å². The summed E-state index contributed by atoms with van der Waals surface area (Å²) >= 11 is 4.10. The van der Waals surface area contributed by atoms with Crippen LogP contribution in [-0.4, -0.2) is 116 Å². The Morgan fingerprint density at radius 1 is 0.722 bits per heavy atom. The molecule has 0 spiro atoms. The molecule has 28 heteroatoms. The molecule has 2 aliphatic carbocycles. The number of hydrogen-bond donors (Lipinski definition) is 7. The molecule has 79 heavy (non-hydrogen) atoms. The topological polar surface area (TPSA) is 380 Å². The van der Waals surface area contributed by atoms with Crippen molar-refractivity contribution in [3.05, 3.63) is 142 Å². The maximum atomic E-state index is 11.9. The zero-order valence-corrected chi connectivity index (χ0v) is 46.3. The van der Waals surface area contributed by atoms with Gasteiger partial charge in [0.05, 0.1) is 51.9 Å². The van der Waals surface area contributed by atoms with E-state index in [1.807, 2.05) is 13.8 Å². The average Bonchev–Trinajstić information content (AvgIpc) is 4.10. The second-order valence-electron chi connectivity index (χ2n) is 16.5. The van der Waals surface area contributed by atoms with E-state index in [1.54, 1.807) is 49.6 Å². The van der Waals surface area contributed by atoms with Crippen LogP contribution in [0.5, 0.6) is 0 Å². The summed E-state index contributed by atoms with van der Waals surface area (Å²) in [5.74, 6) is -1.47. The lowest BCUT2D eigenvalue weighted by atomic mass is 9.96. The van der Waals surface area contributed by atoms with E-state index >= 15 is 0 Å². The normalized spacial score (nSPS) is 12.4. The number of terminal acetylenes is 1. The fraction of sp³-hybridized carbons (Fsp3) is 0.412. The lowest BCUT2D eigenvalue weighted by Crippen LogP contribution is -2.11. The number of thiazole rings is 3. The molecule has 2 saturated carbocycles. The van der Waals surface area contributed by atoms with Gasteiger partial charge in [-0.15, -0.1) is 67.1 Å². The lowest BCUT2D eigenvalue weighted by molar-refractivity contribution is -0.757. The van der Waals surface area contributed by atoms with Crippen LogP contribution in [0, 0.1) is 53.8 Å². The van der Waals surface area contributed by atoms with Gasteiger partial charge >= 0.3 is 5.97 Å². The zero-order chi connectivity index (χ0) is 59.1. The molecule has 2 amide bonds. The number of aliphatic hydroxyl groups is 2. The van der Waals surface area contributed by atoms with Crippen LogP contribution in [0.4, 0.5) is 15.4 Å². The first kappa shape index (κ1) is 65.1. The number of rotatable bonds is 15. The summed E-state index contributed by atoms with van der Waals surface area (Å²) in [7, 11) is 0. The Morgan fingerprint density at radius 2 is 1.10 bits per heavy atom. The summed E-state index contributed by atoms with van der Waals surface area (Å²) in [6, 6.07) is 13.8. The Balaban J connectivity index is 0.000000340. The van der Waals surface area contributed by atoms with Gasteiger partial charge in [-0.2, -0.15) is 0 Å². The van der Waals surface area contributed by atoms with Crippen LogP contribution in [0.15, 0.2) is 83.6 Å². The number of aromatic carboxylic acids is 1. The monoisotopic (exact) mass is 1150 g/mol. The predicted molar refractivity (Wildman–Crippen MR) is 301 cm³/mol. The van der Waals surface area contributed by atoms with Crippen LogP contribution in [0.1, 0.15) is 128 Å². The van der Waals surface area contributed by atoms with E-state index in [2.05, 4.69) is 67.8 Å². The van der Waals surface area contributed by atoms with Gasteiger partial charge in [0.25, 0.3) is 22.0 Å². The molecular weight excluding hydrogens is 1080 g/mol. The van der Waals surface area contributed by atoms with Crippen molar-refractivity contribution in [2.75, 3.05) is 36.2 Å². The number of carbonyl (C=O) groups is 3. The van der Waals surface area contributed by atoms with Gasteiger partial charge in [-0.25, -0.2) is 29.7 Å². The van der Waals surface area contributed by atoms with E-state index in [-0.39, 0.29) is 37.2 Å². The largest absolute Gasteiger partial charge is 0.478 e. The molecule has 2 aliphatic rings. The molecule has 0 radical (unpaired) electrons. The molecule has 6 aromatic heterocycles. The van der Waals surface area contributed by atoms with Crippen molar-refractivity contribution in [3.63, 3.8) is 0 Å². The molecule has 6 heterocycles. The third kappa shape index (κ3) is 28.7. The van der Waals surface area contributed by atoms with E-state index in [9.17, 15) is 24.5 Å². The highest BCUT2D eigenvalue weighted by Gasteiger charge is 2.15. The van der Waals surface area contributed by atoms with Gasteiger partial charge in [-0.05, 0) is 82.9 Å². The Hall–Kier alpha value is -8.19. The number of anilines is 3. The molecule has 0 saturated heterocycles. The van der Waals surface area contributed by atoms with Gasteiger partial charge in [0.15, 0.2) is 15.4 Å². The first-order chi connectivity index (χ1) is 38.4. The van der Waals surface area contributed by atoms with E-state index < -0.39 is 16.1 Å². The van der Waals surface area contributed by atoms with Gasteiger partial charge in [0.2, 0.25) is 0 Å². The summed E-state index contributed by atoms with van der Waals surface area (Å²) in [6.07, 6.45) is 29.6. The number of aryl methyl sites for hydroxylation is 3. The molecule has 0 unspecified atom stereocenters. The van der Waals surface area contributed by atoms with Gasteiger partial charge in [0.1, 0.15) is 7.98 Å². The van der Waals surface area contributed by atoms with Crippen molar-refractivity contribution in [3.8, 4) is 12.8 Å². The molecule has 0 bridgehead atoms. The summed E-state index contributed by atoms with van der Waals surface area (Å²) in [5, 5.41) is 55.7. The number of aliphatic imine (C=N–C) groups is 2. The number of carbonyl (C=O) groups excluding carboxylic acids is 2. The maximum absolute atomic E-state index is 11.9. The number of aliphatic hydroxyl groups excluding tert-OH is 2. The van der Waals surface area contributed by atoms with Crippen molar-refractivity contribution in [1.29, 1.82) is 0 Å². The van der Waals surface area contributed by atoms with Crippen molar-refractivity contribution >= 4 is 73.2 Å². The van der Waals surface area contributed by atoms with Crippen LogP contribution in [-0.2, 0) is 24.1 Å². The van der Waals surface area contributed by atoms with E-state index in [0.29, 0.717) is 63.6 Å². The number of carboxylic acids is 1. The molecule has 0 atom stereocenters. The van der Waals surface area contributed by atoms with Crippen molar-refractivity contribution in [2.45, 2.75) is 116 Å². The number of nitrogens with two attached hydrogens (primary N) is 1. The molecule has 0 aromatic carbocycles. The quantitative estimate of drug-likeness (QED) is 0.0219. The van der Waals surface area contributed by atoms with Crippen LogP contribution < -0.4 is 16.4 Å². The number of hydrogen-bond acceptors (Lipinski definition) is 22. The third-order valence-corrected chi connectivity index (χ3v) is 14.0. The minimum atomic E-state index is -1.50. The Labute approximate surface area is 469 Å². The summed E-state index contributed by atoms with van der Waals surface area (Å²) in [4.78, 5) is 92.4. The van der Waals surface area contributed by atoms with Crippen LogP contribution in [0.25, 0.3) is 0 Å². The van der Waals surface area contributed by atoms with Gasteiger partial charge in [-0.1, -0.05) is 38.5 Å². The first-order valence-corrected chi connectivity index (χ1v) is 26.9. The molecule has 25 nitrogen and oxygen atoms in total. The number of carboxylic acid groups (broad SMARTS) is 1. The number of nitrogen functional groups attached to an aromatic ring is 1. The SMILES string of the molecule is C(=NC1CCCCC1)=NC1CCCCC1.Cc1nc(N)sc1CCO.Cc1nc(NC(=O)c2cccnc2)sc1CCO.Cc1nc(NC(=O)c2cccnc2)sc1CCO[N+](=O)[O-].O=C(O)c1cccnc1.O=[N+]([O-])O.[2H]C#C. The second kappa shape index (κ2) is 39.2. The Bertz CT molecular complexity index is 2850. The second-order valence-corrected chi connectivity index (χ2v) is 19.8. The summed E-state index contributed by atoms with van der Waals surface area (Å²) in [6.45, 7) is 5.75.